The Labute approximate surface area is 97.1 Å². The summed E-state index contributed by atoms with van der Waals surface area (Å²) < 4.78 is 0. The van der Waals surface area contributed by atoms with Crippen LogP contribution in [0.4, 0.5) is 0 Å². The third-order valence-corrected chi connectivity index (χ3v) is 3.81. The molecule has 0 saturated heterocycles. The molecule has 1 heterocycles. The van der Waals surface area contributed by atoms with Gasteiger partial charge in [-0.2, -0.15) is 0 Å². The van der Waals surface area contributed by atoms with Crippen LogP contribution in [0.25, 0.3) is 0 Å². The normalized spacial score (nSPS) is 14.2. The molecule has 0 amide bonds. The van der Waals surface area contributed by atoms with Gasteiger partial charge in [0, 0.05) is 23.3 Å². The Morgan fingerprint density at radius 1 is 1.47 bits per heavy atom. The first-order valence-corrected chi connectivity index (χ1v) is 6.47. The number of hydrogen-bond donors (Lipinski definition) is 1. The Balaban J connectivity index is 2.82. The fourth-order valence-electron chi connectivity index (χ4n) is 1.52. The number of thiazole rings is 1. The number of aromatic nitrogens is 1. The summed E-state index contributed by atoms with van der Waals surface area (Å²) in [6.45, 7) is 9.89. The summed E-state index contributed by atoms with van der Waals surface area (Å²) in [5.74, 6) is 0.558. The maximum atomic E-state index is 4.75. The van der Waals surface area contributed by atoms with E-state index in [9.17, 15) is 0 Å². The second-order valence-electron chi connectivity index (χ2n) is 4.99. The average molecular weight is 226 g/mol. The van der Waals surface area contributed by atoms with E-state index in [1.165, 1.54) is 10.7 Å². The average Bonchev–Trinajstić information content (AvgIpc) is 2.62. The Bertz CT molecular complexity index is 299. The van der Waals surface area contributed by atoms with Crippen LogP contribution in [0.15, 0.2) is 5.38 Å². The third kappa shape index (κ3) is 3.28. The minimum Gasteiger partial charge on any atom is -0.319 e. The molecule has 0 aliphatic carbocycles. The van der Waals surface area contributed by atoms with Gasteiger partial charge < -0.3 is 5.32 Å². The number of rotatable bonds is 4. The van der Waals surface area contributed by atoms with E-state index in [1.54, 1.807) is 11.3 Å². The summed E-state index contributed by atoms with van der Waals surface area (Å²) in [7, 11) is 2.00. The van der Waals surface area contributed by atoms with E-state index in [-0.39, 0.29) is 5.41 Å². The minimum absolute atomic E-state index is 0.181. The highest BCUT2D eigenvalue weighted by molar-refractivity contribution is 7.09. The smallest absolute Gasteiger partial charge is 0.0982 e. The molecule has 0 bridgehead atoms. The number of nitrogens with one attached hydrogen (secondary N) is 1. The van der Waals surface area contributed by atoms with Crippen molar-refractivity contribution in [1.82, 2.24) is 10.3 Å². The summed E-state index contributed by atoms with van der Waals surface area (Å²) in [6, 6.07) is 0. The molecule has 2 nitrogen and oxygen atoms in total. The lowest BCUT2D eigenvalue weighted by atomic mass is 9.97. The Morgan fingerprint density at radius 2 is 2.13 bits per heavy atom. The molecule has 0 fully saturated rings. The molecular formula is C12H22N2S. The van der Waals surface area contributed by atoms with Crippen molar-refractivity contribution in [2.24, 2.45) is 0 Å². The summed E-state index contributed by atoms with van der Waals surface area (Å²) >= 11 is 1.79. The maximum absolute atomic E-state index is 4.75. The molecule has 0 spiro atoms. The first-order chi connectivity index (χ1) is 6.99. The maximum Gasteiger partial charge on any atom is 0.0982 e. The fourth-order valence-corrected chi connectivity index (χ4v) is 2.51. The molecule has 0 aliphatic rings. The number of hydrogen-bond acceptors (Lipinski definition) is 3. The van der Waals surface area contributed by atoms with E-state index in [2.05, 4.69) is 38.4 Å². The lowest BCUT2D eigenvalue weighted by Gasteiger charge is -2.15. The quantitative estimate of drug-likeness (QED) is 0.853. The molecule has 1 aromatic rings. The van der Waals surface area contributed by atoms with E-state index in [1.807, 2.05) is 7.05 Å². The van der Waals surface area contributed by atoms with Gasteiger partial charge in [0.05, 0.1) is 10.7 Å². The number of nitrogens with zero attached hydrogens (tertiary/aromatic N) is 1. The molecule has 1 N–H and O–H groups in total. The van der Waals surface area contributed by atoms with E-state index in [0.29, 0.717) is 5.92 Å². The lowest BCUT2D eigenvalue weighted by molar-refractivity contribution is 0.565. The van der Waals surface area contributed by atoms with Crippen molar-refractivity contribution in [3.8, 4) is 0 Å². The molecule has 0 aliphatic heterocycles. The monoisotopic (exact) mass is 226 g/mol. The fraction of sp³-hybridized carbons (Fsp3) is 0.750. The summed E-state index contributed by atoms with van der Waals surface area (Å²) in [5.41, 5.74) is 1.43. The van der Waals surface area contributed by atoms with Crippen molar-refractivity contribution in [1.29, 1.82) is 0 Å². The van der Waals surface area contributed by atoms with Gasteiger partial charge in [0.25, 0.3) is 0 Å². The molecule has 0 saturated carbocycles. The minimum atomic E-state index is 0.181. The molecule has 0 radical (unpaired) electrons. The van der Waals surface area contributed by atoms with Crippen molar-refractivity contribution in [2.45, 2.75) is 45.4 Å². The van der Waals surface area contributed by atoms with Gasteiger partial charge in [-0.25, -0.2) is 4.98 Å². The molecular weight excluding hydrogens is 204 g/mol. The largest absolute Gasteiger partial charge is 0.319 e. The van der Waals surface area contributed by atoms with Crippen LogP contribution in [0.2, 0.25) is 0 Å². The summed E-state index contributed by atoms with van der Waals surface area (Å²) in [4.78, 5) is 4.75. The van der Waals surface area contributed by atoms with Crippen LogP contribution >= 0.6 is 11.3 Å². The van der Waals surface area contributed by atoms with Crippen LogP contribution in [0.5, 0.6) is 0 Å². The van der Waals surface area contributed by atoms with Crippen molar-refractivity contribution in [3.05, 3.63) is 16.1 Å². The Morgan fingerprint density at radius 3 is 2.53 bits per heavy atom. The van der Waals surface area contributed by atoms with Gasteiger partial charge in [0.1, 0.15) is 0 Å². The standard InChI is InChI=1S/C12H22N2S/c1-6-9(7-13-5)10-8-15-11(14-10)12(2,3)4/h8-9,13H,6-7H2,1-5H3. The van der Waals surface area contributed by atoms with Gasteiger partial charge in [-0.3, -0.25) is 0 Å². The molecule has 1 aromatic heterocycles. The Hall–Kier alpha value is -0.410. The van der Waals surface area contributed by atoms with Gasteiger partial charge in [-0.05, 0) is 13.5 Å². The van der Waals surface area contributed by atoms with Crippen molar-refractivity contribution >= 4 is 11.3 Å². The molecule has 86 valence electrons. The van der Waals surface area contributed by atoms with Gasteiger partial charge in [-0.15, -0.1) is 11.3 Å². The molecule has 1 unspecified atom stereocenters. The SMILES string of the molecule is CCC(CNC)c1csc(C(C)(C)C)n1. The van der Waals surface area contributed by atoms with Crippen LogP contribution in [-0.4, -0.2) is 18.6 Å². The van der Waals surface area contributed by atoms with E-state index in [4.69, 9.17) is 4.98 Å². The van der Waals surface area contributed by atoms with E-state index < -0.39 is 0 Å². The highest BCUT2D eigenvalue weighted by Gasteiger charge is 2.20. The van der Waals surface area contributed by atoms with Crippen molar-refractivity contribution in [3.63, 3.8) is 0 Å². The second-order valence-corrected chi connectivity index (χ2v) is 5.85. The van der Waals surface area contributed by atoms with E-state index >= 15 is 0 Å². The molecule has 0 aromatic carbocycles. The van der Waals surface area contributed by atoms with E-state index in [0.717, 1.165) is 13.0 Å². The molecule has 1 rings (SSSR count). The molecule has 3 heteroatoms. The van der Waals surface area contributed by atoms with Crippen LogP contribution < -0.4 is 5.32 Å². The van der Waals surface area contributed by atoms with Gasteiger partial charge in [0.2, 0.25) is 0 Å². The zero-order valence-electron chi connectivity index (χ0n) is 10.4. The molecule has 1 atom stereocenters. The van der Waals surface area contributed by atoms with Gasteiger partial charge >= 0.3 is 0 Å². The number of likely N-dealkylation sites (N-methyl/N-ethyl adjacent to an activating group) is 1. The summed E-state index contributed by atoms with van der Waals surface area (Å²) in [5, 5.41) is 6.69. The predicted molar refractivity (Wildman–Crippen MR) is 67.8 cm³/mol. The Kier molecular flexibility index (Phi) is 4.29. The topological polar surface area (TPSA) is 24.9 Å². The van der Waals surface area contributed by atoms with Crippen molar-refractivity contribution in [2.75, 3.05) is 13.6 Å². The third-order valence-electron chi connectivity index (χ3n) is 2.53. The first-order valence-electron chi connectivity index (χ1n) is 5.59. The lowest BCUT2D eigenvalue weighted by Crippen LogP contribution is -2.17. The van der Waals surface area contributed by atoms with Gasteiger partial charge in [0.15, 0.2) is 0 Å². The van der Waals surface area contributed by atoms with Crippen LogP contribution in [0, 0.1) is 0 Å². The summed E-state index contributed by atoms with van der Waals surface area (Å²) in [6.07, 6.45) is 1.15. The first kappa shape index (κ1) is 12.7. The molecule has 15 heavy (non-hydrogen) atoms. The van der Waals surface area contributed by atoms with Crippen LogP contribution in [0.1, 0.15) is 50.7 Å². The van der Waals surface area contributed by atoms with Crippen LogP contribution in [-0.2, 0) is 5.41 Å². The highest BCUT2D eigenvalue weighted by atomic mass is 32.1. The zero-order valence-corrected chi connectivity index (χ0v) is 11.2. The highest BCUT2D eigenvalue weighted by Crippen LogP contribution is 2.29. The van der Waals surface area contributed by atoms with Crippen molar-refractivity contribution < 1.29 is 0 Å². The second kappa shape index (κ2) is 5.08. The van der Waals surface area contributed by atoms with Crippen LogP contribution in [0.3, 0.4) is 0 Å². The van der Waals surface area contributed by atoms with Gasteiger partial charge in [-0.1, -0.05) is 27.7 Å². The predicted octanol–water partition coefficient (Wildman–Crippen LogP) is 3.15. The zero-order chi connectivity index (χ0) is 11.5.